The van der Waals surface area contributed by atoms with E-state index in [2.05, 4.69) is 302 Å². The van der Waals surface area contributed by atoms with E-state index in [1.165, 1.54) is 65.5 Å². The van der Waals surface area contributed by atoms with Crippen molar-refractivity contribution in [3.8, 4) is 0 Å². The molecule has 1 N–H and O–H groups in total. The van der Waals surface area contributed by atoms with Gasteiger partial charge in [-0.3, -0.25) is 14.4 Å². The maximum Gasteiger partial charge on any atom is 0.306 e. The minimum Gasteiger partial charge on any atom is -0.469 e. The summed E-state index contributed by atoms with van der Waals surface area (Å²) in [4.78, 5) is 34.0. The molecule has 548 valence electrons. The van der Waals surface area contributed by atoms with Crippen LogP contribution in [0.2, 0.25) is 0 Å². The number of thioether (sulfide) groups is 1. The van der Waals surface area contributed by atoms with E-state index in [1.807, 2.05) is 53.3 Å². The van der Waals surface area contributed by atoms with Crippen LogP contribution in [-0.2, 0) is 43.1 Å². The number of hydrogen-bond acceptors (Lipinski definition) is 6. The first-order valence-corrected chi connectivity index (χ1v) is 35.5. The second-order valence-corrected chi connectivity index (χ2v) is 38.0. The molecule has 0 atom stereocenters. The topological polar surface area (TPSA) is 84.9 Å². The van der Waals surface area contributed by atoms with Crippen LogP contribution in [0.4, 0.5) is 0 Å². The van der Waals surface area contributed by atoms with Crippen LogP contribution >= 0.6 is 11.8 Å². The first-order valence-electron chi connectivity index (χ1n) is 34.1. The predicted molar refractivity (Wildman–Crippen MR) is 425 cm³/mol. The molecule has 0 aliphatic heterocycles. The number of allylic oxidation sites excluding steroid dienone is 2. The number of esters is 1. The summed E-state index contributed by atoms with van der Waals surface area (Å²) < 4.78 is 9.39. The maximum atomic E-state index is 11.1. The smallest absolute Gasteiger partial charge is 0.306 e. The second kappa shape index (κ2) is 51.4. The van der Waals surface area contributed by atoms with Crippen molar-refractivity contribution in [2.75, 3.05) is 54.0 Å². The van der Waals surface area contributed by atoms with Gasteiger partial charge in [-0.25, -0.2) is 0 Å². The third-order valence-electron chi connectivity index (χ3n) is 11.9. The lowest BCUT2D eigenvalue weighted by atomic mass is 9.86. The number of amides is 2. The highest BCUT2D eigenvalue weighted by atomic mass is 32.2. The Hall–Kier alpha value is -3.88. The molecule has 8 heteroatoms. The highest BCUT2D eigenvalue weighted by molar-refractivity contribution is 7.98. The molecule has 0 aliphatic carbocycles. The van der Waals surface area contributed by atoms with Gasteiger partial charge in [0.1, 0.15) is 0 Å². The van der Waals surface area contributed by atoms with Crippen molar-refractivity contribution in [1.29, 1.82) is 0 Å². The van der Waals surface area contributed by atoms with Crippen LogP contribution < -0.4 is 5.32 Å². The summed E-state index contributed by atoms with van der Waals surface area (Å²) in [6.07, 6.45) is 14.1. The van der Waals surface area contributed by atoms with Crippen molar-refractivity contribution in [2.24, 2.45) is 54.1 Å². The molecular weight excluding hydrogens is 1160 g/mol. The van der Waals surface area contributed by atoms with Crippen LogP contribution in [0.5, 0.6) is 0 Å². The zero-order valence-electron chi connectivity index (χ0n) is 69.1. The number of carbonyl (C=O) groups excluding carboxylic acids is 3. The van der Waals surface area contributed by atoms with Crippen LogP contribution in [0.25, 0.3) is 0 Å². The SMILES string of the molecule is C.C/C=C/CC(C)(C)C.CCC(C)(C)C.CN(C)C(=O)CC(C)(C)C.CNC(=O)CC(C)(C)C.COC(=O)CC(C)(C)C.COCC(C)(C)C.CSCC(C)(C)C.Cc1ccc(CC(C)(C)C)cc1.Cc1cccc(CC(C)(C)C)c1.Cc1ccccc1CC(C)(C)C. The normalized spacial score (nSPS) is 11.6. The standard InChI is InChI=1S/3C12H18.C8H17NO.C8H16.C7H15NO.C7H14O2.C6H14O.C6H14S.C6H14.CH4/c1-10-5-7-11(8-6-10)9-12(2,3)4;1-10-6-5-7-11(8-10)9-12(2,3)4;1-10-7-5-6-8-11(10)9-12(2,3)4;1-8(2,3)6-7(10)9(4)5;1-5-6-7-8(2,3)4;1-7(2,3)5-6(9)8-4;1-7(2,3)5-6(8)9-4;2*1-6(2,3)5-7-4;1-5-6(2,3)4;/h3*5-8H,9H2,1-4H3;6H2,1-5H3;5-6H,7H2,1-4H3;5H2,1-4H3,(H,8,9);5H2,1-4H3;2*5H2,1-4H3;5H2,1-4H3;1H4/b;;;;6-5+;;;;;;. The molecular formula is C85H162N2O5S. The molecule has 2 amide bonds. The van der Waals surface area contributed by atoms with E-state index in [9.17, 15) is 14.4 Å². The molecule has 0 saturated heterocycles. The van der Waals surface area contributed by atoms with Gasteiger partial charge in [-0.05, 0) is 142 Å². The van der Waals surface area contributed by atoms with Gasteiger partial charge in [-0.1, -0.05) is 325 Å². The summed E-state index contributed by atoms with van der Waals surface area (Å²) in [5.41, 5.74) is 11.8. The first kappa shape index (κ1) is 105. The number of nitrogens with one attached hydrogen (secondary N) is 1. The molecule has 0 spiro atoms. The Morgan fingerprint density at radius 3 is 1.14 bits per heavy atom. The van der Waals surface area contributed by atoms with Crippen LogP contribution in [0.3, 0.4) is 0 Å². The summed E-state index contributed by atoms with van der Waals surface area (Å²) in [7, 11) is 8.37. The zero-order chi connectivity index (χ0) is 74.6. The molecule has 3 aromatic carbocycles. The van der Waals surface area contributed by atoms with Gasteiger partial charge in [0.15, 0.2) is 0 Å². The highest BCUT2D eigenvalue weighted by Gasteiger charge is 2.18. The number of benzene rings is 3. The summed E-state index contributed by atoms with van der Waals surface area (Å²) in [6, 6.07) is 26.2. The van der Waals surface area contributed by atoms with Gasteiger partial charge in [0, 0.05) is 41.1 Å². The molecule has 0 aliphatic rings. The molecule has 0 radical (unpaired) electrons. The molecule has 0 unspecified atom stereocenters. The second-order valence-electron chi connectivity index (χ2n) is 37.1. The number of ether oxygens (including phenoxy) is 2. The first-order chi connectivity index (χ1) is 40.9. The maximum absolute atomic E-state index is 11.1. The summed E-state index contributed by atoms with van der Waals surface area (Å²) in [6.45, 7) is 77.0. The van der Waals surface area contributed by atoms with Crippen LogP contribution in [-0.4, -0.2) is 76.7 Å². The van der Waals surface area contributed by atoms with E-state index in [4.69, 9.17) is 4.74 Å². The molecule has 3 rings (SSSR count). The average molecular weight is 1320 g/mol. The number of rotatable bonds is 9. The molecule has 0 saturated carbocycles. The molecule has 3 aromatic rings. The number of nitrogens with zero attached hydrogens (tertiary/aromatic N) is 1. The van der Waals surface area contributed by atoms with Crippen molar-refractivity contribution in [1.82, 2.24) is 10.2 Å². The number of methoxy groups -OCH3 is 2. The van der Waals surface area contributed by atoms with Gasteiger partial charge in [0.2, 0.25) is 11.8 Å². The lowest BCUT2D eigenvalue weighted by molar-refractivity contribution is -0.142. The summed E-state index contributed by atoms with van der Waals surface area (Å²) in [5, 5.41) is 2.58. The molecule has 0 aromatic heterocycles. The summed E-state index contributed by atoms with van der Waals surface area (Å²) >= 11 is 1.91. The van der Waals surface area contributed by atoms with Gasteiger partial charge >= 0.3 is 5.97 Å². The lowest BCUT2D eigenvalue weighted by Gasteiger charge is -2.19. The number of carbonyl (C=O) groups is 3. The Balaban J connectivity index is -0.000000145. The zero-order valence-corrected chi connectivity index (χ0v) is 69.9. The average Bonchev–Trinajstić information content (AvgIpc) is 1.93. The fraction of sp³-hybridized carbons (Fsp3) is 0.729. The van der Waals surface area contributed by atoms with Crippen molar-refractivity contribution < 1.29 is 23.9 Å². The van der Waals surface area contributed by atoms with E-state index < -0.39 is 0 Å². The minimum atomic E-state index is -0.137. The molecule has 93 heavy (non-hydrogen) atoms. The Kier molecular flexibility index (Phi) is 58.1. The molecule has 7 nitrogen and oxygen atoms in total. The van der Waals surface area contributed by atoms with E-state index in [0.29, 0.717) is 57.2 Å². The van der Waals surface area contributed by atoms with E-state index in [-0.39, 0.29) is 41.5 Å². The van der Waals surface area contributed by atoms with Crippen LogP contribution in [0.15, 0.2) is 84.9 Å². The van der Waals surface area contributed by atoms with Crippen molar-refractivity contribution in [3.05, 3.63) is 118 Å². The highest BCUT2D eigenvalue weighted by Crippen LogP contribution is 2.25. The third kappa shape index (κ3) is 99.3. The monoisotopic (exact) mass is 1320 g/mol. The Morgan fingerprint density at radius 1 is 0.495 bits per heavy atom. The van der Waals surface area contributed by atoms with E-state index in [0.717, 1.165) is 19.4 Å². The minimum absolute atomic E-state index is 0. The number of hydrogen-bond donors (Lipinski definition) is 1. The van der Waals surface area contributed by atoms with Crippen molar-refractivity contribution in [3.63, 3.8) is 0 Å². The lowest BCUT2D eigenvalue weighted by Crippen LogP contribution is -2.26. The molecule has 0 heterocycles. The van der Waals surface area contributed by atoms with Gasteiger partial charge in [0.25, 0.3) is 0 Å². The Bertz CT molecular complexity index is 2260. The van der Waals surface area contributed by atoms with Gasteiger partial charge in [-0.2, -0.15) is 11.8 Å². The van der Waals surface area contributed by atoms with Crippen LogP contribution in [0.1, 0.15) is 294 Å². The van der Waals surface area contributed by atoms with Crippen molar-refractivity contribution in [2.45, 2.75) is 301 Å². The quantitative estimate of drug-likeness (QED) is 0.170. The van der Waals surface area contributed by atoms with Crippen molar-refractivity contribution >= 4 is 29.5 Å². The number of aryl methyl sites for hydroxylation is 3. The van der Waals surface area contributed by atoms with E-state index >= 15 is 0 Å². The van der Waals surface area contributed by atoms with Gasteiger partial charge in [0.05, 0.1) is 20.1 Å². The Labute approximate surface area is 588 Å². The largest absolute Gasteiger partial charge is 0.469 e. The molecule has 0 bridgehead atoms. The van der Waals surface area contributed by atoms with Gasteiger partial charge in [-0.15, -0.1) is 0 Å². The van der Waals surface area contributed by atoms with Gasteiger partial charge < -0.3 is 19.7 Å². The molecule has 0 fully saturated rings. The van der Waals surface area contributed by atoms with E-state index in [1.54, 1.807) is 33.2 Å². The summed E-state index contributed by atoms with van der Waals surface area (Å²) in [5.74, 6) is 1.44. The fourth-order valence-electron chi connectivity index (χ4n) is 7.16. The van der Waals surface area contributed by atoms with Crippen LogP contribution in [0, 0.1) is 74.9 Å². The Morgan fingerprint density at radius 2 is 0.914 bits per heavy atom. The predicted octanol–water partition coefficient (Wildman–Crippen LogP) is 25.2. The fourth-order valence-corrected chi connectivity index (χ4v) is 8.02. The third-order valence-corrected chi connectivity index (χ3v) is 13.0.